The van der Waals surface area contributed by atoms with Gasteiger partial charge in [-0.3, -0.25) is 19.8 Å². The van der Waals surface area contributed by atoms with Gasteiger partial charge >= 0.3 is 6.18 Å². The van der Waals surface area contributed by atoms with Crippen molar-refractivity contribution in [1.82, 2.24) is 4.90 Å². The average Bonchev–Trinajstić information content (AvgIpc) is 2.67. The summed E-state index contributed by atoms with van der Waals surface area (Å²) in [6.45, 7) is 2.20. The van der Waals surface area contributed by atoms with Crippen LogP contribution in [0, 0.1) is 10.1 Å². The van der Waals surface area contributed by atoms with Crippen molar-refractivity contribution in [3.8, 4) is 0 Å². The number of hydrogen-bond donors (Lipinski definition) is 0. The lowest BCUT2D eigenvalue weighted by atomic mass is 10.1. The highest BCUT2D eigenvalue weighted by Gasteiger charge is 2.40. The molecule has 6 nitrogen and oxygen atoms in total. The van der Waals surface area contributed by atoms with E-state index in [1.165, 1.54) is 0 Å². The van der Waals surface area contributed by atoms with Gasteiger partial charge in [0.25, 0.3) is 5.69 Å². The molecule has 2 aromatic rings. The number of carbonyl (C=O) groups is 1. The van der Waals surface area contributed by atoms with Crippen molar-refractivity contribution in [3.05, 3.63) is 69.8 Å². The third-order valence-electron chi connectivity index (χ3n) is 4.74. The van der Waals surface area contributed by atoms with Gasteiger partial charge in [0.1, 0.15) is 5.56 Å². The van der Waals surface area contributed by atoms with E-state index in [0.717, 1.165) is 22.6 Å². The van der Waals surface area contributed by atoms with Crippen molar-refractivity contribution in [2.45, 2.75) is 25.6 Å². The molecule has 29 heavy (non-hydrogen) atoms. The number of nitro groups is 1. The van der Waals surface area contributed by atoms with Crippen molar-refractivity contribution in [2.24, 2.45) is 0 Å². The highest BCUT2D eigenvalue weighted by molar-refractivity contribution is 7.80. The molecule has 1 heterocycles. The normalized spacial score (nSPS) is 16.1. The molecule has 1 saturated heterocycles. The number of amides is 1. The summed E-state index contributed by atoms with van der Waals surface area (Å²) in [5.74, 6) is -0.464. The van der Waals surface area contributed by atoms with Crippen LogP contribution in [-0.2, 0) is 11.0 Å². The van der Waals surface area contributed by atoms with Crippen LogP contribution in [0.4, 0.5) is 24.5 Å². The maximum atomic E-state index is 13.3. The number of hydrogen-bond acceptors (Lipinski definition) is 4. The molecule has 0 aliphatic carbocycles. The van der Waals surface area contributed by atoms with E-state index < -0.39 is 28.3 Å². The van der Waals surface area contributed by atoms with Crippen molar-refractivity contribution in [2.75, 3.05) is 11.4 Å². The second-order valence-corrected chi connectivity index (χ2v) is 6.86. The van der Waals surface area contributed by atoms with E-state index in [1.807, 2.05) is 37.3 Å². The summed E-state index contributed by atoms with van der Waals surface area (Å²) >= 11 is 5.42. The molecule has 1 amide bonds. The molecule has 1 unspecified atom stereocenters. The smallest absolute Gasteiger partial charge is 0.341 e. The van der Waals surface area contributed by atoms with E-state index in [4.69, 9.17) is 12.2 Å². The van der Waals surface area contributed by atoms with E-state index in [-0.39, 0.29) is 23.3 Å². The Morgan fingerprint density at radius 3 is 2.41 bits per heavy atom. The van der Waals surface area contributed by atoms with Crippen molar-refractivity contribution >= 4 is 34.6 Å². The average molecular weight is 423 g/mol. The minimum Gasteiger partial charge on any atom is -0.341 e. The third kappa shape index (κ3) is 4.07. The Labute approximate surface area is 169 Å². The molecule has 0 saturated carbocycles. The summed E-state index contributed by atoms with van der Waals surface area (Å²) in [5, 5.41) is 11.0. The summed E-state index contributed by atoms with van der Waals surface area (Å²) in [6, 6.07) is 11.6. The van der Waals surface area contributed by atoms with Crippen LogP contribution < -0.4 is 4.90 Å². The lowest BCUT2D eigenvalue weighted by molar-refractivity contribution is -0.388. The second-order valence-electron chi connectivity index (χ2n) is 6.50. The highest BCUT2D eigenvalue weighted by atomic mass is 32.1. The Hall–Kier alpha value is -3.01. The fourth-order valence-electron chi connectivity index (χ4n) is 3.23. The quantitative estimate of drug-likeness (QED) is 0.405. The number of alkyl halides is 3. The zero-order chi connectivity index (χ0) is 21.3. The van der Waals surface area contributed by atoms with Gasteiger partial charge in [-0.15, -0.1) is 0 Å². The summed E-state index contributed by atoms with van der Waals surface area (Å²) in [6.07, 6.45) is -4.90. The Morgan fingerprint density at radius 1 is 1.17 bits per heavy atom. The third-order valence-corrected chi connectivity index (χ3v) is 5.16. The number of rotatable bonds is 4. The van der Waals surface area contributed by atoms with Gasteiger partial charge in [0, 0.05) is 19.0 Å². The first-order valence-corrected chi connectivity index (χ1v) is 9.06. The SMILES string of the molecule is CC(c1ccccc1)N1CCC(=O)N(c2ccc([N+](=O)[O-])c(C(F)(F)F)c2)C1=S. The fourth-order valence-corrected chi connectivity index (χ4v) is 3.69. The summed E-state index contributed by atoms with van der Waals surface area (Å²) in [5.41, 5.74) is -1.72. The molecule has 1 atom stereocenters. The molecule has 1 aliphatic rings. The fraction of sp³-hybridized carbons (Fsp3) is 0.263. The lowest BCUT2D eigenvalue weighted by Gasteiger charge is -2.40. The number of carbonyl (C=O) groups excluding carboxylic acids is 1. The minimum absolute atomic E-state index is 0.0512. The van der Waals surface area contributed by atoms with E-state index in [2.05, 4.69) is 0 Å². The second kappa shape index (κ2) is 7.78. The first-order valence-electron chi connectivity index (χ1n) is 8.65. The van der Waals surface area contributed by atoms with Gasteiger partial charge in [-0.2, -0.15) is 13.2 Å². The van der Waals surface area contributed by atoms with E-state index in [1.54, 1.807) is 4.90 Å². The number of benzene rings is 2. The maximum absolute atomic E-state index is 13.3. The van der Waals surface area contributed by atoms with Crippen LogP contribution in [0.5, 0.6) is 0 Å². The van der Waals surface area contributed by atoms with Crippen molar-refractivity contribution < 1.29 is 22.9 Å². The monoisotopic (exact) mass is 423 g/mol. The van der Waals surface area contributed by atoms with Crippen LogP contribution >= 0.6 is 12.2 Å². The zero-order valence-corrected chi connectivity index (χ0v) is 16.0. The molecule has 1 aliphatic heterocycles. The Balaban J connectivity index is 2.00. The number of anilines is 1. The molecule has 3 rings (SSSR count). The molecule has 0 spiro atoms. The van der Waals surface area contributed by atoms with Crippen LogP contribution in [0.3, 0.4) is 0 Å². The number of halogens is 3. The van der Waals surface area contributed by atoms with E-state index in [9.17, 15) is 28.1 Å². The summed E-state index contributed by atoms with van der Waals surface area (Å²) in [4.78, 5) is 25.1. The predicted molar refractivity (Wildman–Crippen MR) is 104 cm³/mol. The Morgan fingerprint density at radius 2 is 1.83 bits per heavy atom. The van der Waals surface area contributed by atoms with Crippen LogP contribution in [0.25, 0.3) is 0 Å². The molecule has 152 valence electrons. The maximum Gasteiger partial charge on any atom is 0.423 e. The molecular weight excluding hydrogens is 407 g/mol. The molecular formula is C19H16F3N3O3S. The summed E-state index contributed by atoms with van der Waals surface area (Å²) in [7, 11) is 0. The Kier molecular flexibility index (Phi) is 5.56. The van der Waals surface area contributed by atoms with Gasteiger partial charge in [0.2, 0.25) is 5.91 Å². The first kappa shape index (κ1) is 20.7. The van der Waals surface area contributed by atoms with Crippen molar-refractivity contribution in [3.63, 3.8) is 0 Å². The van der Waals surface area contributed by atoms with Gasteiger partial charge in [-0.25, -0.2) is 0 Å². The van der Waals surface area contributed by atoms with Gasteiger partial charge in [0.05, 0.1) is 16.7 Å². The standard InChI is InChI=1S/C19H16F3N3O3S/c1-12(13-5-3-2-4-6-13)23-10-9-17(26)24(18(23)29)14-7-8-16(25(27)28)15(11-14)19(20,21)22/h2-8,11-12H,9-10H2,1H3. The zero-order valence-electron chi connectivity index (χ0n) is 15.2. The van der Waals surface area contributed by atoms with Crippen LogP contribution in [0.15, 0.2) is 48.5 Å². The molecule has 0 radical (unpaired) electrons. The van der Waals surface area contributed by atoms with Gasteiger partial charge in [-0.1, -0.05) is 30.3 Å². The molecule has 2 aromatic carbocycles. The van der Waals surface area contributed by atoms with E-state index >= 15 is 0 Å². The largest absolute Gasteiger partial charge is 0.423 e. The molecule has 1 fully saturated rings. The van der Waals surface area contributed by atoms with Crippen molar-refractivity contribution in [1.29, 1.82) is 0 Å². The summed E-state index contributed by atoms with van der Waals surface area (Å²) < 4.78 is 40.0. The van der Waals surface area contributed by atoms with Crippen LogP contribution in [0.2, 0.25) is 0 Å². The lowest BCUT2D eigenvalue weighted by Crippen LogP contribution is -2.53. The topological polar surface area (TPSA) is 66.7 Å². The molecule has 10 heteroatoms. The van der Waals surface area contributed by atoms with Gasteiger partial charge in [0.15, 0.2) is 5.11 Å². The van der Waals surface area contributed by atoms with Gasteiger partial charge in [-0.05, 0) is 36.8 Å². The minimum atomic E-state index is -4.95. The van der Waals surface area contributed by atoms with Crippen LogP contribution in [0.1, 0.15) is 30.5 Å². The predicted octanol–water partition coefficient (Wildman–Crippen LogP) is 4.70. The van der Waals surface area contributed by atoms with E-state index in [0.29, 0.717) is 12.6 Å². The molecule has 0 aromatic heterocycles. The molecule has 0 N–H and O–H groups in total. The number of nitro benzene ring substituents is 1. The number of thiocarbonyl (C=S) groups is 1. The Bertz CT molecular complexity index is 966. The first-order chi connectivity index (χ1) is 13.6. The van der Waals surface area contributed by atoms with Crippen LogP contribution in [-0.4, -0.2) is 27.4 Å². The van der Waals surface area contributed by atoms with Gasteiger partial charge < -0.3 is 4.90 Å². The highest BCUT2D eigenvalue weighted by Crippen LogP contribution is 2.39. The molecule has 0 bridgehead atoms. The number of nitrogens with zero attached hydrogens (tertiary/aromatic N) is 3.